The molecule has 19 heavy (non-hydrogen) atoms. The SMILES string of the molecule is C=CC(=O)OC(C)[N+](C)(C)CCCCCCCC.[Br-]. The first kappa shape index (κ1) is 21.0. The van der Waals surface area contributed by atoms with Gasteiger partial charge in [0.15, 0.2) is 0 Å². The zero-order chi connectivity index (χ0) is 14.0. The van der Waals surface area contributed by atoms with Crippen LogP contribution in [0.3, 0.4) is 0 Å². The van der Waals surface area contributed by atoms with E-state index in [0.29, 0.717) is 4.48 Å². The van der Waals surface area contributed by atoms with E-state index < -0.39 is 0 Å². The summed E-state index contributed by atoms with van der Waals surface area (Å²) >= 11 is 0. The van der Waals surface area contributed by atoms with Gasteiger partial charge in [-0.05, 0) is 12.8 Å². The standard InChI is InChI=1S/C15H30NO2.BrH/c1-6-8-9-10-11-12-13-16(4,5)14(3)18-15(17)7-2;/h7,14H,2,6,8-13H2,1,3-5H3;1H/q+1;/p-1. The second-order valence-electron chi connectivity index (χ2n) is 5.51. The number of nitrogens with zero attached hydrogens (tertiary/aromatic N) is 1. The molecular formula is C15H30BrNO2. The number of halogens is 1. The molecule has 0 saturated heterocycles. The molecule has 0 heterocycles. The number of quaternary nitrogens is 1. The summed E-state index contributed by atoms with van der Waals surface area (Å²) in [4.78, 5) is 11.2. The molecule has 0 N–H and O–H groups in total. The fraction of sp³-hybridized carbons (Fsp3) is 0.800. The van der Waals surface area contributed by atoms with Crippen LogP contribution in [-0.2, 0) is 9.53 Å². The van der Waals surface area contributed by atoms with Crippen molar-refractivity contribution >= 4 is 5.97 Å². The van der Waals surface area contributed by atoms with E-state index in [-0.39, 0.29) is 29.2 Å². The van der Waals surface area contributed by atoms with Crippen LogP contribution in [0.25, 0.3) is 0 Å². The number of hydrogen-bond acceptors (Lipinski definition) is 2. The van der Waals surface area contributed by atoms with Crippen LogP contribution in [0.4, 0.5) is 0 Å². The van der Waals surface area contributed by atoms with Gasteiger partial charge in [-0.1, -0.05) is 39.2 Å². The third kappa shape index (κ3) is 10.1. The molecule has 0 saturated carbocycles. The molecule has 0 aromatic carbocycles. The Bertz CT molecular complexity index is 255. The molecule has 0 aromatic heterocycles. The molecule has 3 nitrogen and oxygen atoms in total. The maximum Gasteiger partial charge on any atom is 0.334 e. The summed E-state index contributed by atoms with van der Waals surface area (Å²) in [5.41, 5.74) is 0. The van der Waals surface area contributed by atoms with Crippen LogP contribution in [0.5, 0.6) is 0 Å². The minimum atomic E-state index is -0.336. The van der Waals surface area contributed by atoms with Crippen molar-refractivity contribution in [2.24, 2.45) is 0 Å². The predicted octanol–water partition coefficient (Wildman–Crippen LogP) is 0.503. The molecule has 0 amide bonds. The molecule has 0 bridgehead atoms. The number of ether oxygens (including phenoxy) is 1. The van der Waals surface area contributed by atoms with E-state index in [1.165, 1.54) is 44.6 Å². The lowest BCUT2D eigenvalue weighted by Crippen LogP contribution is -3.00. The number of carbonyl (C=O) groups is 1. The Morgan fingerprint density at radius 2 is 1.74 bits per heavy atom. The second kappa shape index (κ2) is 11.5. The van der Waals surface area contributed by atoms with Gasteiger partial charge in [-0.15, -0.1) is 0 Å². The van der Waals surface area contributed by atoms with Crippen LogP contribution in [0.15, 0.2) is 12.7 Å². The van der Waals surface area contributed by atoms with Crippen LogP contribution in [-0.4, -0.2) is 37.3 Å². The van der Waals surface area contributed by atoms with Gasteiger partial charge < -0.3 is 21.7 Å². The lowest BCUT2D eigenvalue weighted by atomic mass is 10.1. The normalized spacial score (nSPS) is 12.4. The summed E-state index contributed by atoms with van der Waals surface area (Å²) in [6.07, 6.45) is 8.84. The van der Waals surface area contributed by atoms with Gasteiger partial charge >= 0.3 is 5.97 Å². The summed E-state index contributed by atoms with van der Waals surface area (Å²) in [6, 6.07) is 0. The van der Waals surface area contributed by atoms with Crippen LogP contribution < -0.4 is 17.0 Å². The van der Waals surface area contributed by atoms with E-state index in [2.05, 4.69) is 27.6 Å². The molecule has 0 aliphatic rings. The smallest absolute Gasteiger partial charge is 0.334 e. The first-order valence-corrected chi connectivity index (χ1v) is 7.09. The van der Waals surface area contributed by atoms with E-state index in [0.717, 1.165) is 6.54 Å². The van der Waals surface area contributed by atoms with E-state index in [1.807, 2.05) is 6.92 Å². The summed E-state index contributed by atoms with van der Waals surface area (Å²) < 4.78 is 5.99. The molecule has 0 radical (unpaired) electrons. The fourth-order valence-electron chi connectivity index (χ4n) is 1.84. The van der Waals surface area contributed by atoms with Crippen LogP contribution >= 0.6 is 0 Å². The molecule has 4 heteroatoms. The Morgan fingerprint density at radius 1 is 1.21 bits per heavy atom. The van der Waals surface area contributed by atoms with Crippen LogP contribution in [0, 0.1) is 0 Å². The first-order chi connectivity index (χ1) is 8.44. The number of hydrogen-bond donors (Lipinski definition) is 0. The van der Waals surface area contributed by atoms with Crippen molar-refractivity contribution in [3.05, 3.63) is 12.7 Å². The predicted molar refractivity (Wildman–Crippen MR) is 76.1 cm³/mol. The number of rotatable bonds is 10. The van der Waals surface area contributed by atoms with Gasteiger partial charge in [0, 0.05) is 13.0 Å². The minimum Gasteiger partial charge on any atom is -1.00 e. The molecule has 0 rings (SSSR count). The third-order valence-electron chi connectivity index (χ3n) is 3.53. The van der Waals surface area contributed by atoms with E-state index in [4.69, 9.17) is 4.74 Å². The van der Waals surface area contributed by atoms with E-state index in [1.54, 1.807) is 0 Å². The molecular weight excluding hydrogens is 306 g/mol. The topological polar surface area (TPSA) is 26.3 Å². The van der Waals surface area contributed by atoms with Crippen molar-refractivity contribution in [1.82, 2.24) is 0 Å². The molecule has 0 aliphatic carbocycles. The maximum absolute atomic E-state index is 11.2. The van der Waals surface area contributed by atoms with Gasteiger partial charge in [-0.25, -0.2) is 4.79 Å². The van der Waals surface area contributed by atoms with Crippen LogP contribution in [0.2, 0.25) is 0 Å². The Labute approximate surface area is 129 Å². The Hall–Kier alpha value is -0.350. The average molecular weight is 336 g/mol. The van der Waals surface area contributed by atoms with Gasteiger partial charge in [-0.3, -0.25) is 4.48 Å². The average Bonchev–Trinajstić information content (AvgIpc) is 2.33. The second-order valence-corrected chi connectivity index (χ2v) is 5.51. The van der Waals surface area contributed by atoms with E-state index in [9.17, 15) is 4.79 Å². The summed E-state index contributed by atoms with van der Waals surface area (Å²) in [7, 11) is 4.21. The van der Waals surface area contributed by atoms with Gasteiger partial charge in [0.05, 0.1) is 20.6 Å². The summed E-state index contributed by atoms with van der Waals surface area (Å²) in [6.45, 7) is 8.63. The summed E-state index contributed by atoms with van der Waals surface area (Å²) in [5.74, 6) is -0.336. The number of esters is 1. The highest BCUT2D eigenvalue weighted by atomic mass is 79.9. The Kier molecular flexibility index (Phi) is 12.7. The third-order valence-corrected chi connectivity index (χ3v) is 3.53. The molecule has 1 atom stereocenters. The zero-order valence-electron chi connectivity index (χ0n) is 13.0. The van der Waals surface area contributed by atoms with Crippen molar-refractivity contribution in [2.75, 3.05) is 20.6 Å². The van der Waals surface area contributed by atoms with Crippen molar-refractivity contribution in [3.63, 3.8) is 0 Å². The van der Waals surface area contributed by atoms with Crippen molar-refractivity contribution in [3.8, 4) is 0 Å². The van der Waals surface area contributed by atoms with Crippen LogP contribution in [0.1, 0.15) is 52.4 Å². The molecule has 114 valence electrons. The summed E-state index contributed by atoms with van der Waals surface area (Å²) in [5, 5.41) is 0. The van der Waals surface area contributed by atoms with Gasteiger partial charge in [0.2, 0.25) is 6.23 Å². The molecule has 0 fully saturated rings. The molecule has 0 aliphatic heterocycles. The molecule has 1 unspecified atom stereocenters. The monoisotopic (exact) mass is 335 g/mol. The Balaban J connectivity index is 0. The quantitative estimate of drug-likeness (QED) is 0.191. The lowest BCUT2D eigenvalue weighted by molar-refractivity contribution is -0.932. The largest absolute Gasteiger partial charge is 1.00 e. The lowest BCUT2D eigenvalue weighted by Gasteiger charge is -2.34. The highest BCUT2D eigenvalue weighted by Gasteiger charge is 2.25. The number of carbonyl (C=O) groups excluding carboxylic acids is 1. The zero-order valence-corrected chi connectivity index (χ0v) is 14.5. The van der Waals surface area contributed by atoms with Gasteiger partial charge in [0.25, 0.3) is 0 Å². The van der Waals surface area contributed by atoms with Gasteiger partial charge in [0.1, 0.15) is 0 Å². The minimum absolute atomic E-state index is 0. The Morgan fingerprint density at radius 3 is 2.26 bits per heavy atom. The van der Waals surface area contributed by atoms with Gasteiger partial charge in [-0.2, -0.15) is 0 Å². The fourth-order valence-corrected chi connectivity index (χ4v) is 1.84. The maximum atomic E-state index is 11.2. The molecule has 0 aromatic rings. The van der Waals surface area contributed by atoms with E-state index >= 15 is 0 Å². The highest BCUT2D eigenvalue weighted by Crippen LogP contribution is 2.12. The first-order valence-electron chi connectivity index (χ1n) is 7.09. The van der Waals surface area contributed by atoms with Crippen molar-refractivity contribution in [2.45, 2.75) is 58.6 Å². The number of unbranched alkanes of at least 4 members (excludes halogenated alkanes) is 5. The van der Waals surface area contributed by atoms with Crippen molar-refractivity contribution in [1.29, 1.82) is 0 Å². The van der Waals surface area contributed by atoms with Crippen molar-refractivity contribution < 1.29 is 31.0 Å². The highest BCUT2D eigenvalue weighted by molar-refractivity contribution is 5.81. The molecule has 0 spiro atoms.